The second-order valence-electron chi connectivity index (χ2n) is 4.65. The highest BCUT2D eigenvalue weighted by Crippen LogP contribution is 2.34. The number of nitrogens with one attached hydrogen (secondary N) is 2. The van der Waals surface area contributed by atoms with Gasteiger partial charge >= 0.3 is 0 Å². The van der Waals surface area contributed by atoms with Crippen molar-refractivity contribution in [2.24, 2.45) is 0 Å². The van der Waals surface area contributed by atoms with Crippen LogP contribution in [-0.2, 0) is 0 Å². The predicted octanol–water partition coefficient (Wildman–Crippen LogP) is 3.03. The maximum atomic E-state index is 5.29. The van der Waals surface area contributed by atoms with Crippen LogP contribution in [0.15, 0.2) is 41.6 Å². The van der Waals surface area contributed by atoms with E-state index in [4.69, 9.17) is 12.2 Å². The minimum atomic E-state index is 0.278. The molecule has 0 saturated heterocycles. The minimum absolute atomic E-state index is 0.278. The summed E-state index contributed by atoms with van der Waals surface area (Å²) >= 11 is 5.29. The van der Waals surface area contributed by atoms with Crippen LogP contribution in [0.3, 0.4) is 0 Å². The average Bonchev–Trinajstić information content (AvgIpc) is 2.39. The van der Waals surface area contributed by atoms with E-state index in [1.807, 2.05) is 0 Å². The Labute approximate surface area is 107 Å². The van der Waals surface area contributed by atoms with Crippen LogP contribution in [0.5, 0.6) is 0 Å². The SMILES string of the molecule is S=C1NC2=C(CCCC2)[C@H](c2ccccc2)N1. The Hall–Kier alpha value is -1.35. The van der Waals surface area contributed by atoms with Gasteiger partial charge < -0.3 is 10.6 Å². The largest absolute Gasteiger partial charge is 0.352 e. The molecule has 1 aromatic rings. The van der Waals surface area contributed by atoms with Crippen molar-refractivity contribution in [2.45, 2.75) is 31.7 Å². The fourth-order valence-corrected chi connectivity index (χ4v) is 2.95. The van der Waals surface area contributed by atoms with Crippen molar-refractivity contribution in [3.05, 3.63) is 47.2 Å². The monoisotopic (exact) mass is 244 g/mol. The van der Waals surface area contributed by atoms with E-state index < -0.39 is 0 Å². The van der Waals surface area contributed by atoms with Gasteiger partial charge in [-0.2, -0.15) is 0 Å². The summed E-state index contributed by atoms with van der Waals surface area (Å²) in [7, 11) is 0. The van der Waals surface area contributed by atoms with Crippen molar-refractivity contribution in [1.82, 2.24) is 10.6 Å². The van der Waals surface area contributed by atoms with E-state index in [1.165, 1.54) is 36.1 Å². The Kier molecular flexibility index (Phi) is 2.85. The van der Waals surface area contributed by atoms with E-state index in [0.29, 0.717) is 0 Å². The van der Waals surface area contributed by atoms with E-state index in [1.54, 1.807) is 0 Å². The Balaban J connectivity index is 2.00. The van der Waals surface area contributed by atoms with E-state index >= 15 is 0 Å². The van der Waals surface area contributed by atoms with Crippen LogP contribution < -0.4 is 10.6 Å². The summed E-state index contributed by atoms with van der Waals surface area (Å²) in [6, 6.07) is 10.9. The van der Waals surface area contributed by atoms with Crippen molar-refractivity contribution in [3.8, 4) is 0 Å². The molecule has 2 nitrogen and oxygen atoms in total. The Morgan fingerprint density at radius 2 is 1.82 bits per heavy atom. The summed E-state index contributed by atoms with van der Waals surface area (Å²) in [4.78, 5) is 0. The molecule has 0 aromatic heterocycles. The molecule has 0 bridgehead atoms. The second kappa shape index (κ2) is 4.49. The lowest BCUT2D eigenvalue weighted by molar-refractivity contribution is 0.561. The third-order valence-electron chi connectivity index (χ3n) is 3.53. The molecular weight excluding hydrogens is 228 g/mol. The molecule has 2 aliphatic rings. The highest BCUT2D eigenvalue weighted by Gasteiger charge is 2.27. The fraction of sp³-hybridized carbons (Fsp3) is 0.357. The third kappa shape index (κ3) is 2.07. The molecule has 1 aromatic carbocycles. The van der Waals surface area contributed by atoms with Crippen LogP contribution in [0, 0.1) is 0 Å². The summed E-state index contributed by atoms with van der Waals surface area (Å²) in [6.07, 6.45) is 4.88. The third-order valence-corrected chi connectivity index (χ3v) is 3.75. The van der Waals surface area contributed by atoms with Crippen LogP contribution in [0.4, 0.5) is 0 Å². The smallest absolute Gasteiger partial charge is 0.171 e. The summed E-state index contributed by atoms with van der Waals surface area (Å²) in [5, 5.41) is 7.48. The van der Waals surface area contributed by atoms with Gasteiger partial charge in [0, 0.05) is 5.70 Å². The molecule has 0 saturated carbocycles. The van der Waals surface area contributed by atoms with Crippen LogP contribution in [-0.4, -0.2) is 5.11 Å². The quantitative estimate of drug-likeness (QED) is 0.743. The number of hydrogen-bond donors (Lipinski definition) is 2. The molecule has 0 fully saturated rings. The lowest BCUT2D eigenvalue weighted by atomic mass is 9.86. The number of benzene rings is 1. The van der Waals surface area contributed by atoms with Crippen molar-refractivity contribution in [1.29, 1.82) is 0 Å². The zero-order valence-electron chi connectivity index (χ0n) is 9.70. The highest BCUT2D eigenvalue weighted by molar-refractivity contribution is 7.80. The van der Waals surface area contributed by atoms with Gasteiger partial charge in [0.2, 0.25) is 0 Å². The van der Waals surface area contributed by atoms with Gasteiger partial charge in [0.05, 0.1) is 6.04 Å². The van der Waals surface area contributed by atoms with Crippen LogP contribution in [0.2, 0.25) is 0 Å². The molecule has 1 heterocycles. The normalized spacial score (nSPS) is 23.8. The fourth-order valence-electron chi connectivity index (χ4n) is 2.71. The number of thiocarbonyl (C=S) groups is 1. The lowest BCUT2D eigenvalue weighted by Gasteiger charge is -2.34. The Bertz CT molecular complexity index is 464. The zero-order valence-corrected chi connectivity index (χ0v) is 10.5. The van der Waals surface area contributed by atoms with E-state index in [9.17, 15) is 0 Å². The van der Waals surface area contributed by atoms with Gasteiger partial charge in [-0.05, 0) is 49.0 Å². The van der Waals surface area contributed by atoms with Gasteiger partial charge in [0.15, 0.2) is 5.11 Å². The molecule has 1 atom stereocenters. The molecule has 1 aliphatic heterocycles. The summed E-state index contributed by atoms with van der Waals surface area (Å²) in [5.74, 6) is 0. The molecule has 0 radical (unpaired) electrons. The van der Waals surface area contributed by atoms with Crippen molar-refractivity contribution in [2.75, 3.05) is 0 Å². The molecular formula is C14H16N2S. The number of allylic oxidation sites excluding steroid dienone is 1. The van der Waals surface area contributed by atoms with Gasteiger partial charge in [-0.15, -0.1) is 0 Å². The van der Waals surface area contributed by atoms with Crippen molar-refractivity contribution >= 4 is 17.3 Å². The van der Waals surface area contributed by atoms with Crippen LogP contribution >= 0.6 is 12.2 Å². The maximum absolute atomic E-state index is 5.29. The standard InChI is InChI=1S/C14H16N2S/c17-14-15-12-9-5-4-8-11(12)13(16-14)10-6-2-1-3-7-10/h1-3,6-7,13H,4-5,8-9H2,(H2,15,16,17)/t13-/m0/s1. The summed E-state index contributed by atoms with van der Waals surface area (Å²) in [5.41, 5.74) is 4.16. The van der Waals surface area contributed by atoms with Gasteiger partial charge in [-0.25, -0.2) is 0 Å². The average molecular weight is 244 g/mol. The molecule has 1 aliphatic carbocycles. The first-order valence-corrected chi connectivity index (χ1v) is 6.60. The molecule has 88 valence electrons. The van der Waals surface area contributed by atoms with E-state index in [0.717, 1.165) is 11.5 Å². The molecule has 3 rings (SSSR count). The van der Waals surface area contributed by atoms with Crippen LogP contribution in [0.25, 0.3) is 0 Å². The van der Waals surface area contributed by atoms with E-state index in [-0.39, 0.29) is 6.04 Å². The first-order valence-electron chi connectivity index (χ1n) is 6.19. The topological polar surface area (TPSA) is 24.1 Å². The first-order chi connectivity index (χ1) is 8.34. The van der Waals surface area contributed by atoms with E-state index in [2.05, 4.69) is 41.0 Å². The number of hydrogen-bond acceptors (Lipinski definition) is 1. The first kappa shape index (κ1) is 10.8. The second-order valence-corrected chi connectivity index (χ2v) is 5.06. The molecule has 3 heteroatoms. The summed E-state index contributed by atoms with van der Waals surface area (Å²) < 4.78 is 0. The molecule has 0 unspecified atom stereocenters. The van der Waals surface area contributed by atoms with Gasteiger partial charge in [-0.3, -0.25) is 0 Å². The van der Waals surface area contributed by atoms with Crippen LogP contribution in [0.1, 0.15) is 37.3 Å². The Morgan fingerprint density at radius 1 is 1.06 bits per heavy atom. The predicted molar refractivity (Wildman–Crippen MR) is 73.5 cm³/mol. The highest BCUT2D eigenvalue weighted by atomic mass is 32.1. The van der Waals surface area contributed by atoms with Crippen molar-refractivity contribution in [3.63, 3.8) is 0 Å². The van der Waals surface area contributed by atoms with Gasteiger partial charge in [-0.1, -0.05) is 30.3 Å². The minimum Gasteiger partial charge on any atom is -0.352 e. The lowest BCUT2D eigenvalue weighted by Crippen LogP contribution is -2.44. The molecule has 17 heavy (non-hydrogen) atoms. The zero-order chi connectivity index (χ0) is 11.7. The molecule has 0 spiro atoms. The van der Waals surface area contributed by atoms with Crippen molar-refractivity contribution < 1.29 is 0 Å². The Morgan fingerprint density at radius 3 is 2.65 bits per heavy atom. The molecule has 0 amide bonds. The molecule has 2 N–H and O–H groups in total. The van der Waals surface area contributed by atoms with Gasteiger partial charge in [0.1, 0.15) is 0 Å². The number of rotatable bonds is 1. The van der Waals surface area contributed by atoms with Gasteiger partial charge in [0.25, 0.3) is 0 Å². The summed E-state index contributed by atoms with van der Waals surface area (Å²) in [6.45, 7) is 0. The maximum Gasteiger partial charge on any atom is 0.171 e.